The summed E-state index contributed by atoms with van der Waals surface area (Å²) in [5.74, 6) is 6.22. The van der Waals surface area contributed by atoms with E-state index in [2.05, 4.69) is 46.1 Å². The van der Waals surface area contributed by atoms with Crippen molar-refractivity contribution in [2.75, 3.05) is 23.8 Å². The van der Waals surface area contributed by atoms with E-state index in [-0.39, 0.29) is 24.4 Å². The van der Waals surface area contributed by atoms with Gasteiger partial charge in [0.2, 0.25) is 16.0 Å². The van der Waals surface area contributed by atoms with Crippen molar-refractivity contribution in [3.8, 4) is 5.75 Å². The first-order valence-corrected chi connectivity index (χ1v) is 13.8. The van der Waals surface area contributed by atoms with Gasteiger partial charge < -0.3 is 15.5 Å². The third kappa shape index (κ3) is 7.68. The minimum absolute atomic E-state index is 0. The Labute approximate surface area is 227 Å². The Morgan fingerprint density at radius 2 is 1.68 bits per heavy atom. The van der Waals surface area contributed by atoms with E-state index in [0.717, 1.165) is 48.7 Å². The van der Waals surface area contributed by atoms with Crippen LogP contribution in [0.15, 0.2) is 51.8 Å². The second kappa shape index (κ2) is 12.5. The topological polar surface area (TPSA) is 131 Å². The Balaban J connectivity index is 0.00000400. The van der Waals surface area contributed by atoms with Crippen LogP contribution in [-0.4, -0.2) is 37.8 Å². The monoisotopic (exact) mass is 618 g/mol. The molecule has 1 fully saturated rings. The molecule has 1 heterocycles. The highest BCUT2D eigenvalue weighted by molar-refractivity contribution is 9.10. The van der Waals surface area contributed by atoms with Gasteiger partial charge in [-0.05, 0) is 67.9 Å². The molecule has 1 aliphatic rings. The molecule has 208 valence electrons. The fourth-order valence-electron chi connectivity index (χ4n) is 4.35. The average Bonchev–Trinajstić information content (AvgIpc) is 2.85. The van der Waals surface area contributed by atoms with Gasteiger partial charge in [-0.3, -0.25) is 0 Å². The molecule has 3 aromatic rings. The number of halogens is 4. The molecule has 14 heteroatoms. The van der Waals surface area contributed by atoms with Crippen molar-refractivity contribution in [3.63, 3.8) is 0 Å². The predicted molar refractivity (Wildman–Crippen MR) is 144 cm³/mol. The number of alkyl halides is 3. The summed E-state index contributed by atoms with van der Waals surface area (Å²) in [5.41, 5.74) is 3.36. The van der Waals surface area contributed by atoms with Crippen LogP contribution in [-0.2, 0) is 10.0 Å². The Morgan fingerprint density at radius 1 is 1.03 bits per heavy atom. The summed E-state index contributed by atoms with van der Waals surface area (Å²) in [5, 5.41) is 4.08. The first-order valence-electron chi connectivity index (χ1n) is 11.6. The van der Waals surface area contributed by atoms with Crippen LogP contribution in [0.2, 0.25) is 0 Å². The molecule has 5 N–H and O–H groups in total. The van der Waals surface area contributed by atoms with Crippen LogP contribution in [0, 0.1) is 11.8 Å². The Morgan fingerprint density at radius 3 is 2.34 bits per heavy atom. The van der Waals surface area contributed by atoms with Gasteiger partial charge in [0, 0.05) is 22.9 Å². The highest BCUT2D eigenvalue weighted by Gasteiger charge is 2.34. The van der Waals surface area contributed by atoms with Crippen LogP contribution in [0.5, 0.6) is 5.75 Å². The number of nitrogens with two attached hydrogens (primary N) is 1. The van der Waals surface area contributed by atoms with Crippen molar-refractivity contribution in [2.45, 2.75) is 44.4 Å². The maximum atomic E-state index is 12.8. The molecule has 38 heavy (non-hydrogen) atoms. The highest BCUT2D eigenvalue weighted by atomic mass is 79.9. The molecule has 1 aromatic heterocycles. The molecule has 0 saturated heterocycles. The van der Waals surface area contributed by atoms with Crippen LogP contribution in [0.25, 0.3) is 10.9 Å². The Kier molecular flexibility index (Phi) is 9.79. The van der Waals surface area contributed by atoms with Crippen LogP contribution in [0.3, 0.4) is 0 Å². The van der Waals surface area contributed by atoms with E-state index in [1.165, 1.54) is 6.07 Å². The molecular formula is C24H30BrF3N6O3S. The van der Waals surface area contributed by atoms with E-state index < -0.39 is 27.0 Å². The summed E-state index contributed by atoms with van der Waals surface area (Å²) < 4.78 is 70.4. The molecule has 0 unspecified atom stereocenters. The molecule has 1 aliphatic carbocycles. The van der Waals surface area contributed by atoms with Gasteiger partial charge in [0.25, 0.3) is 0 Å². The number of hydrazine groups is 1. The smallest absolute Gasteiger partial charge is 0.404 e. The predicted octanol–water partition coefficient (Wildman–Crippen LogP) is 5.41. The zero-order valence-corrected chi connectivity index (χ0v) is 22.0. The number of hydrogen-bond acceptors (Lipinski definition) is 8. The summed E-state index contributed by atoms with van der Waals surface area (Å²) in [6.07, 6.45) is -1.76. The van der Waals surface area contributed by atoms with Crippen LogP contribution < -0.4 is 26.0 Å². The summed E-state index contributed by atoms with van der Waals surface area (Å²) >= 11 is 3.04. The number of anilines is 2. The number of ether oxygens (including phenoxy) is 1. The minimum Gasteiger partial charge on any atom is -0.404 e. The number of fused-ring (bicyclic) bond motifs is 1. The van der Waals surface area contributed by atoms with E-state index in [1.54, 1.807) is 0 Å². The summed E-state index contributed by atoms with van der Waals surface area (Å²) in [7, 11) is -4.20. The van der Waals surface area contributed by atoms with Crippen molar-refractivity contribution >= 4 is 48.6 Å². The van der Waals surface area contributed by atoms with Gasteiger partial charge in [-0.25, -0.2) is 24.0 Å². The van der Waals surface area contributed by atoms with Gasteiger partial charge in [0.05, 0.1) is 5.52 Å². The number of benzene rings is 2. The van der Waals surface area contributed by atoms with E-state index in [4.69, 9.17) is 5.84 Å². The lowest BCUT2D eigenvalue weighted by molar-refractivity contribution is -0.275. The number of rotatable bonds is 9. The largest absolute Gasteiger partial charge is 0.573 e. The average molecular weight is 620 g/mol. The number of nitrogens with one attached hydrogen (secondary N) is 3. The maximum absolute atomic E-state index is 12.8. The summed E-state index contributed by atoms with van der Waals surface area (Å²) in [4.78, 5) is 8.38. The molecular weight excluding hydrogens is 589 g/mol. The lowest BCUT2D eigenvalue weighted by atomic mass is 9.82. The normalized spacial score (nSPS) is 18.0. The van der Waals surface area contributed by atoms with Gasteiger partial charge in [0.15, 0.2) is 11.6 Å². The number of aromatic nitrogens is 2. The molecule has 4 rings (SSSR count). The van der Waals surface area contributed by atoms with Crippen LogP contribution in [0.4, 0.5) is 24.9 Å². The number of para-hydroxylation sites is 1. The maximum Gasteiger partial charge on any atom is 0.573 e. The van der Waals surface area contributed by atoms with Crippen molar-refractivity contribution in [1.82, 2.24) is 14.7 Å². The van der Waals surface area contributed by atoms with E-state index in [0.29, 0.717) is 24.2 Å². The Bertz CT molecular complexity index is 1350. The minimum atomic E-state index is -5.02. The molecule has 0 amide bonds. The zero-order chi connectivity index (χ0) is 26.6. The van der Waals surface area contributed by atoms with Gasteiger partial charge in [-0.1, -0.05) is 35.5 Å². The molecule has 0 radical (unpaired) electrons. The number of hydrogen-bond donors (Lipinski definition) is 4. The van der Waals surface area contributed by atoms with Crippen molar-refractivity contribution < 1.29 is 26.3 Å². The lowest BCUT2D eigenvalue weighted by Crippen LogP contribution is -2.33. The van der Waals surface area contributed by atoms with Crippen LogP contribution in [0.1, 0.15) is 33.1 Å². The quantitative estimate of drug-likeness (QED) is 0.185. The molecule has 0 atom stereocenters. The van der Waals surface area contributed by atoms with Crippen LogP contribution >= 0.6 is 15.9 Å². The van der Waals surface area contributed by atoms with Crippen molar-refractivity contribution in [3.05, 3.63) is 46.9 Å². The molecule has 1 saturated carbocycles. The molecule has 0 spiro atoms. The fraction of sp³-hybridized carbons (Fsp3) is 0.417. The van der Waals surface area contributed by atoms with Crippen molar-refractivity contribution in [1.29, 1.82) is 0 Å². The lowest BCUT2D eigenvalue weighted by Gasteiger charge is -2.28. The van der Waals surface area contributed by atoms with E-state index in [1.807, 2.05) is 24.3 Å². The SMILES string of the molecule is C.NNc1nc(NCC2CCC(CNS(=O)(=O)c3ccc(Br)cc3OC(F)(F)F)CC2)nc2ccccc12. The standard InChI is InChI=1S/C23H26BrF3N6O3S.CH4/c24-16-9-10-20(19(11-16)36-23(25,26)27)37(34,35)30-13-15-7-5-14(6-8-15)12-29-22-31-18-4-2-1-3-17(18)21(32-22)33-28;/h1-4,9-11,14-15,30H,5-8,12-13,28H2,(H2,29,31,32,33);1H4. The third-order valence-electron chi connectivity index (χ3n) is 6.24. The van der Waals surface area contributed by atoms with E-state index >= 15 is 0 Å². The first-order chi connectivity index (χ1) is 17.5. The van der Waals surface area contributed by atoms with Gasteiger partial charge in [-0.15, -0.1) is 13.2 Å². The molecule has 9 nitrogen and oxygen atoms in total. The van der Waals surface area contributed by atoms with Gasteiger partial charge in [0.1, 0.15) is 4.90 Å². The van der Waals surface area contributed by atoms with E-state index in [9.17, 15) is 21.6 Å². The molecule has 2 aromatic carbocycles. The second-order valence-corrected chi connectivity index (χ2v) is 11.5. The molecule has 0 bridgehead atoms. The summed E-state index contributed by atoms with van der Waals surface area (Å²) in [6.45, 7) is 0.779. The number of nitrogens with zero attached hydrogens (tertiary/aromatic N) is 2. The Hall–Kier alpha value is -2.68. The van der Waals surface area contributed by atoms with Gasteiger partial charge in [-0.2, -0.15) is 4.98 Å². The first kappa shape index (κ1) is 29.9. The number of sulfonamides is 1. The molecule has 0 aliphatic heterocycles. The number of nitrogen functional groups attached to an aromatic ring is 1. The second-order valence-electron chi connectivity index (χ2n) is 8.82. The van der Waals surface area contributed by atoms with Gasteiger partial charge >= 0.3 is 6.36 Å². The highest BCUT2D eigenvalue weighted by Crippen LogP contribution is 2.33. The summed E-state index contributed by atoms with van der Waals surface area (Å²) in [6, 6.07) is 10.9. The zero-order valence-electron chi connectivity index (χ0n) is 19.6. The third-order valence-corrected chi connectivity index (χ3v) is 8.19. The fourth-order valence-corrected chi connectivity index (χ4v) is 5.92. The van der Waals surface area contributed by atoms with Crippen molar-refractivity contribution in [2.24, 2.45) is 17.7 Å².